The van der Waals surface area contributed by atoms with Crippen LogP contribution >= 0.6 is 7.82 Å². The summed E-state index contributed by atoms with van der Waals surface area (Å²) in [6.07, 6.45) is 69.5. The first-order chi connectivity index (χ1) is 36.4. The topological polar surface area (TPSA) is 111 Å². The monoisotopic (exact) mass is 1070 g/mol. The van der Waals surface area contributed by atoms with Gasteiger partial charge in [-0.1, -0.05) is 262 Å². The summed E-state index contributed by atoms with van der Waals surface area (Å²) < 4.78 is 30.6. The van der Waals surface area contributed by atoms with Crippen LogP contribution in [0.1, 0.15) is 290 Å². The molecule has 438 valence electrons. The lowest BCUT2D eigenvalue weighted by Gasteiger charge is -2.27. The minimum absolute atomic E-state index is 0.0353. The molecule has 1 amide bonds. The van der Waals surface area contributed by atoms with Crippen molar-refractivity contribution in [1.29, 1.82) is 0 Å². The summed E-state index contributed by atoms with van der Waals surface area (Å²) in [5, 5.41) is 3.04. The fraction of sp³-hybridized carbons (Fsp3) is 0.815. The molecular weight excluding hydrogens is 952 g/mol. The van der Waals surface area contributed by atoms with E-state index in [0.717, 1.165) is 83.5 Å². The smallest absolute Gasteiger partial charge is 0.456 e. The van der Waals surface area contributed by atoms with Crippen LogP contribution in [-0.4, -0.2) is 74.3 Å². The molecule has 9 nitrogen and oxygen atoms in total. The van der Waals surface area contributed by atoms with E-state index < -0.39 is 20.0 Å². The highest BCUT2D eigenvalue weighted by Crippen LogP contribution is 2.43. The molecule has 0 saturated heterocycles. The molecule has 0 bridgehead atoms. The highest BCUT2D eigenvalue weighted by molar-refractivity contribution is 7.47. The van der Waals surface area contributed by atoms with Crippen molar-refractivity contribution in [3.63, 3.8) is 0 Å². The number of nitrogens with one attached hydrogen (secondary N) is 1. The number of rotatable bonds is 57. The van der Waals surface area contributed by atoms with E-state index in [0.29, 0.717) is 17.4 Å². The Hall–Kier alpha value is -2.29. The van der Waals surface area contributed by atoms with E-state index in [1.165, 1.54) is 173 Å². The average molecular weight is 1070 g/mol. The van der Waals surface area contributed by atoms with E-state index in [9.17, 15) is 19.0 Å². The molecule has 0 aromatic rings. The second-order valence-electron chi connectivity index (χ2n) is 22.6. The van der Waals surface area contributed by atoms with E-state index in [-0.39, 0.29) is 31.5 Å². The lowest BCUT2D eigenvalue weighted by molar-refractivity contribution is -0.870. The van der Waals surface area contributed by atoms with E-state index in [4.69, 9.17) is 13.8 Å². The number of phosphoric acid groups is 1. The fourth-order valence-electron chi connectivity index (χ4n) is 9.11. The maximum absolute atomic E-state index is 13.5. The Morgan fingerprint density at radius 2 is 0.867 bits per heavy atom. The summed E-state index contributed by atoms with van der Waals surface area (Å²) in [6, 6.07) is -0.858. The minimum atomic E-state index is -4.45. The van der Waals surface area contributed by atoms with Gasteiger partial charge in [0.25, 0.3) is 0 Å². The number of nitrogens with zero attached hydrogens (tertiary/aromatic N) is 1. The van der Waals surface area contributed by atoms with Crippen molar-refractivity contribution in [2.45, 2.75) is 303 Å². The van der Waals surface area contributed by atoms with Gasteiger partial charge in [-0.3, -0.25) is 18.6 Å². The van der Waals surface area contributed by atoms with Gasteiger partial charge in [-0.25, -0.2) is 4.57 Å². The third-order valence-corrected chi connectivity index (χ3v) is 15.0. The van der Waals surface area contributed by atoms with Gasteiger partial charge < -0.3 is 19.4 Å². The SMILES string of the molecule is CC/C=C/C=C/C=C\CCCCCCCC(=O)NC(COP(=O)(O)OCC[N+](C)(C)C)C(/C=C\CCCCCCCCCCC)OC(=O)CCCCCCCCCCCCCCCCC/C=C/CCCCCCCC. The molecule has 0 aromatic heterocycles. The summed E-state index contributed by atoms with van der Waals surface area (Å²) in [7, 11) is 1.48. The number of unbranched alkanes of at least 4 members (excludes halogenated alkanes) is 35. The molecule has 3 atom stereocenters. The van der Waals surface area contributed by atoms with E-state index >= 15 is 0 Å². The van der Waals surface area contributed by atoms with Gasteiger partial charge in [0.05, 0.1) is 33.8 Å². The zero-order chi connectivity index (χ0) is 55.0. The van der Waals surface area contributed by atoms with E-state index in [1.54, 1.807) is 0 Å². The molecular formula is C65H122N2O7P+. The second kappa shape index (κ2) is 55.0. The van der Waals surface area contributed by atoms with Crippen LogP contribution in [0.25, 0.3) is 0 Å². The molecule has 0 aliphatic heterocycles. The number of carbonyl (C=O) groups excluding carboxylic acids is 2. The van der Waals surface area contributed by atoms with Gasteiger partial charge in [0.2, 0.25) is 5.91 Å². The number of carbonyl (C=O) groups is 2. The van der Waals surface area contributed by atoms with Gasteiger partial charge in [-0.2, -0.15) is 0 Å². The third kappa shape index (κ3) is 56.2. The molecule has 0 saturated carbocycles. The molecule has 3 unspecified atom stereocenters. The van der Waals surface area contributed by atoms with Gasteiger partial charge in [0, 0.05) is 12.8 Å². The number of hydrogen-bond acceptors (Lipinski definition) is 6. The molecule has 0 aliphatic rings. The van der Waals surface area contributed by atoms with Crippen molar-refractivity contribution in [1.82, 2.24) is 5.32 Å². The van der Waals surface area contributed by atoms with Crippen molar-refractivity contribution < 1.29 is 37.3 Å². The average Bonchev–Trinajstić information content (AvgIpc) is 3.37. The van der Waals surface area contributed by atoms with Crippen molar-refractivity contribution in [3.8, 4) is 0 Å². The predicted octanol–water partition coefficient (Wildman–Crippen LogP) is 19.4. The van der Waals surface area contributed by atoms with E-state index in [1.807, 2.05) is 33.3 Å². The number of ether oxygens (including phenoxy) is 1. The van der Waals surface area contributed by atoms with Crippen LogP contribution in [0.4, 0.5) is 0 Å². The summed E-state index contributed by atoms with van der Waals surface area (Å²) >= 11 is 0. The van der Waals surface area contributed by atoms with E-state index in [2.05, 4.69) is 74.7 Å². The molecule has 0 fully saturated rings. The highest BCUT2D eigenvalue weighted by atomic mass is 31.2. The summed E-state index contributed by atoms with van der Waals surface area (Å²) in [4.78, 5) is 37.6. The molecule has 10 heteroatoms. The van der Waals surface area contributed by atoms with Crippen molar-refractivity contribution >= 4 is 19.7 Å². The molecule has 0 rings (SSSR count). The first-order valence-electron chi connectivity index (χ1n) is 31.6. The summed E-state index contributed by atoms with van der Waals surface area (Å²) in [5.74, 6) is -0.523. The largest absolute Gasteiger partial charge is 0.472 e. The predicted molar refractivity (Wildman–Crippen MR) is 323 cm³/mol. The molecule has 0 heterocycles. The number of esters is 1. The van der Waals surface area contributed by atoms with Crippen LogP contribution in [0.3, 0.4) is 0 Å². The van der Waals surface area contributed by atoms with Crippen molar-refractivity contribution in [2.75, 3.05) is 40.9 Å². The lowest BCUT2D eigenvalue weighted by atomic mass is 10.0. The maximum atomic E-state index is 13.5. The quantitative estimate of drug-likeness (QED) is 0.0156. The Bertz CT molecular complexity index is 1470. The molecule has 0 aromatic carbocycles. The second-order valence-corrected chi connectivity index (χ2v) is 24.1. The summed E-state index contributed by atoms with van der Waals surface area (Å²) in [6.45, 7) is 6.87. The summed E-state index contributed by atoms with van der Waals surface area (Å²) in [5.41, 5.74) is 0. The Labute approximate surface area is 464 Å². The van der Waals surface area contributed by atoms with Crippen molar-refractivity contribution in [3.05, 3.63) is 60.8 Å². The molecule has 0 spiro atoms. The van der Waals surface area contributed by atoms with Crippen molar-refractivity contribution in [2.24, 2.45) is 0 Å². The van der Waals surface area contributed by atoms with Gasteiger partial charge in [0.15, 0.2) is 0 Å². The van der Waals surface area contributed by atoms with Gasteiger partial charge in [-0.15, -0.1) is 0 Å². The number of phosphoric ester groups is 1. The first-order valence-corrected chi connectivity index (χ1v) is 33.1. The molecule has 2 N–H and O–H groups in total. The Morgan fingerprint density at radius 1 is 0.480 bits per heavy atom. The minimum Gasteiger partial charge on any atom is -0.456 e. The van der Waals surface area contributed by atoms with Gasteiger partial charge in [0.1, 0.15) is 19.3 Å². The van der Waals surface area contributed by atoms with Crippen LogP contribution in [0.5, 0.6) is 0 Å². The molecule has 75 heavy (non-hydrogen) atoms. The van der Waals surface area contributed by atoms with Gasteiger partial charge in [-0.05, 0) is 76.7 Å². The first kappa shape index (κ1) is 72.7. The zero-order valence-corrected chi connectivity index (χ0v) is 50.9. The number of hydrogen-bond donors (Lipinski definition) is 2. The maximum Gasteiger partial charge on any atom is 0.472 e. The fourth-order valence-corrected chi connectivity index (χ4v) is 9.85. The van der Waals surface area contributed by atoms with Gasteiger partial charge >= 0.3 is 13.8 Å². The lowest BCUT2D eigenvalue weighted by Crippen LogP contribution is -2.47. The number of amides is 1. The normalized spacial score (nSPS) is 14.1. The molecule has 0 radical (unpaired) electrons. The standard InChI is InChI=1S/C65H121N2O7P/c1-7-10-13-16-19-22-25-27-28-29-30-31-32-33-34-35-36-37-38-40-43-46-49-52-55-58-65(69)74-63(56-53-50-47-44-41-24-21-18-15-12-9-3)62(61-73-75(70,71)72-60-59-67(4,5)6)66-64(68)57-54-51-48-45-42-39-26-23-20-17-14-11-8-2/h11,14,17,20,23,26-28,53,56,62-63H,7-10,12-13,15-16,18-19,21-22,24-25,29-52,54-55,57-61H2,1-6H3,(H-,66,68,70,71)/p+1/b14-11+,20-17+,26-23-,28-27+,56-53-. The third-order valence-electron chi connectivity index (χ3n) is 14.0. The number of quaternary nitrogens is 1. The van der Waals surface area contributed by atoms with Crippen LogP contribution in [0.2, 0.25) is 0 Å². The van der Waals surface area contributed by atoms with Crippen LogP contribution in [0.15, 0.2) is 60.8 Å². The van der Waals surface area contributed by atoms with Crippen LogP contribution in [0, 0.1) is 0 Å². The molecule has 0 aliphatic carbocycles. The van der Waals surface area contributed by atoms with Crippen LogP contribution in [-0.2, 0) is 27.9 Å². The Kier molecular flexibility index (Phi) is 53.4. The number of likely N-dealkylation sites (N-methyl/N-ethyl adjacent to an activating group) is 1. The van der Waals surface area contributed by atoms with Crippen LogP contribution < -0.4 is 5.32 Å². The zero-order valence-electron chi connectivity index (χ0n) is 50.0. The number of allylic oxidation sites excluding steroid dienone is 9. The Morgan fingerprint density at radius 3 is 1.31 bits per heavy atom. The Balaban J connectivity index is 5.05. The highest BCUT2D eigenvalue weighted by Gasteiger charge is 2.30.